The number of nitrogens with one attached hydrogen (secondary N) is 2. The Kier molecular flexibility index (Phi) is 6.28. The number of para-hydroxylation sites is 1. The zero-order chi connectivity index (χ0) is 21.0. The van der Waals surface area contributed by atoms with Gasteiger partial charge in [0.25, 0.3) is 5.91 Å². The molecule has 2 aliphatic rings. The van der Waals surface area contributed by atoms with Crippen molar-refractivity contribution in [1.82, 2.24) is 5.32 Å². The fourth-order valence-electron chi connectivity index (χ4n) is 5.21. The van der Waals surface area contributed by atoms with Crippen molar-refractivity contribution in [3.63, 3.8) is 0 Å². The lowest BCUT2D eigenvalue weighted by Gasteiger charge is -2.43. The van der Waals surface area contributed by atoms with E-state index in [1.54, 1.807) is 12.1 Å². The summed E-state index contributed by atoms with van der Waals surface area (Å²) in [5, 5.41) is 13.0. The van der Waals surface area contributed by atoms with Crippen LogP contribution in [0, 0.1) is 0 Å². The number of amides is 1. The molecular weight excluding hydrogens is 374 g/mol. The maximum absolute atomic E-state index is 13.0. The van der Waals surface area contributed by atoms with Gasteiger partial charge in [-0.25, -0.2) is 0 Å². The molecule has 160 valence electrons. The fraction of sp³-hybridized carbons (Fsp3) is 0.480. The summed E-state index contributed by atoms with van der Waals surface area (Å²) >= 11 is 0. The van der Waals surface area contributed by atoms with Crippen LogP contribution in [0.3, 0.4) is 0 Å². The van der Waals surface area contributed by atoms with Crippen molar-refractivity contribution in [3.8, 4) is 5.75 Å². The second-order valence-corrected chi connectivity index (χ2v) is 9.10. The number of phenols is 1. The van der Waals surface area contributed by atoms with Crippen molar-refractivity contribution >= 4 is 11.6 Å². The average Bonchev–Trinajstić information content (AvgIpc) is 2.76. The number of aromatic hydroxyl groups is 1. The lowest BCUT2D eigenvalue weighted by Crippen LogP contribution is -3.16. The molecule has 2 aromatic rings. The highest BCUT2D eigenvalue weighted by Gasteiger charge is 2.39. The zero-order valence-electron chi connectivity index (χ0n) is 17.9. The van der Waals surface area contributed by atoms with Crippen LogP contribution in [0.2, 0.25) is 0 Å². The number of anilines is 1. The zero-order valence-corrected chi connectivity index (χ0v) is 17.9. The Morgan fingerprint density at radius 1 is 1.10 bits per heavy atom. The molecule has 2 atom stereocenters. The molecule has 1 aliphatic heterocycles. The van der Waals surface area contributed by atoms with Crippen LogP contribution in [0.1, 0.15) is 44.1 Å². The molecule has 5 heteroatoms. The van der Waals surface area contributed by atoms with Crippen LogP contribution in [-0.4, -0.2) is 49.3 Å². The van der Waals surface area contributed by atoms with Gasteiger partial charge in [-0.2, -0.15) is 0 Å². The van der Waals surface area contributed by atoms with Gasteiger partial charge in [0.05, 0.1) is 26.2 Å². The molecule has 2 fully saturated rings. The van der Waals surface area contributed by atoms with Crippen LogP contribution in [-0.2, 0) is 4.79 Å². The standard InChI is InChI=1S/C25H33N3O2/c1-25(14-6-5-9-23(25)20-10-12-22(29)13-11-20)26-24(30)19-27-15-17-28(18-16-27)21-7-3-2-4-8-21/h2-4,7-8,10-13,23,29H,5-6,9,14-19H2,1H3,(H,26,30)/p+1/t23-,25+/m0/s1. The lowest BCUT2D eigenvalue weighted by molar-refractivity contribution is -0.892. The summed E-state index contributed by atoms with van der Waals surface area (Å²) in [5.41, 5.74) is 2.25. The predicted molar refractivity (Wildman–Crippen MR) is 120 cm³/mol. The van der Waals surface area contributed by atoms with Gasteiger partial charge in [0.1, 0.15) is 5.75 Å². The summed E-state index contributed by atoms with van der Waals surface area (Å²) in [7, 11) is 0. The van der Waals surface area contributed by atoms with E-state index in [4.69, 9.17) is 0 Å². The van der Waals surface area contributed by atoms with Gasteiger partial charge in [-0.05, 0) is 49.6 Å². The number of rotatable bonds is 5. The van der Waals surface area contributed by atoms with Gasteiger partial charge in [-0.15, -0.1) is 0 Å². The van der Waals surface area contributed by atoms with Gasteiger partial charge in [-0.1, -0.05) is 43.2 Å². The van der Waals surface area contributed by atoms with Crippen molar-refractivity contribution in [2.45, 2.75) is 44.1 Å². The minimum absolute atomic E-state index is 0.159. The molecule has 0 spiro atoms. The van der Waals surface area contributed by atoms with Gasteiger partial charge < -0.3 is 20.2 Å². The largest absolute Gasteiger partial charge is 0.508 e. The number of hydrogen-bond acceptors (Lipinski definition) is 3. The lowest BCUT2D eigenvalue weighted by atomic mass is 9.70. The number of nitrogens with zero attached hydrogens (tertiary/aromatic N) is 1. The molecule has 1 saturated carbocycles. The van der Waals surface area contributed by atoms with Crippen molar-refractivity contribution in [2.24, 2.45) is 0 Å². The summed E-state index contributed by atoms with van der Waals surface area (Å²) in [6.07, 6.45) is 4.41. The average molecular weight is 409 g/mol. The third-order valence-electron chi connectivity index (χ3n) is 6.93. The van der Waals surface area contributed by atoms with Gasteiger partial charge in [0, 0.05) is 17.1 Å². The number of hydrogen-bond donors (Lipinski definition) is 3. The van der Waals surface area contributed by atoms with Crippen LogP contribution >= 0.6 is 0 Å². The molecule has 3 N–H and O–H groups in total. The van der Waals surface area contributed by atoms with Crippen LogP contribution in [0.15, 0.2) is 54.6 Å². The summed E-state index contributed by atoms with van der Waals surface area (Å²) in [6.45, 7) is 6.69. The molecule has 0 radical (unpaired) electrons. The molecule has 5 nitrogen and oxygen atoms in total. The molecule has 1 amide bonds. The third kappa shape index (κ3) is 4.78. The number of carbonyl (C=O) groups excluding carboxylic acids is 1. The van der Waals surface area contributed by atoms with Crippen molar-refractivity contribution in [2.75, 3.05) is 37.6 Å². The maximum Gasteiger partial charge on any atom is 0.275 e. The quantitative estimate of drug-likeness (QED) is 0.712. The fourth-order valence-corrected chi connectivity index (χ4v) is 5.21. The topological polar surface area (TPSA) is 57.0 Å². The Hall–Kier alpha value is -2.53. The van der Waals surface area contributed by atoms with Crippen molar-refractivity contribution in [3.05, 3.63) is 60.2 Å². The van der Waals surface area contributed by atoms with E-state index in [9.17, 15) is 9.90 Å². The SMILES string of the molecule is C[C@@]1(NC(=O)C[NH+]2CCN(c3ccccc3)CC2)CCCC[C@H]1c1ccc(O)cc1. The molecule has 1 saturated heterocycles. The predicted octanol–water partition coefficient (Wildman–Crippen LogP) is 2.33. The second-order valence-electron chi connectivity index (χ2n) is 9.10. The molecule has 0 unspecified atom stereocenters. The highest BCUT2D eigenvalue weighted by atomic mass is 16.3. The first kappa shape index (κ1) is 20.7. The van der Waals surface area contributed by atoms with Crippen molar-refractivity contribution < 1.29 is 14.8 Å². The van der Waals surface area contributed by atoms with E-state index in [2.05, 4.69) is 41.4 Å². The summed E-state index contributed by atoms with van der Waals surface area (Å²) < 4.78 is 0. The molecule has 30 heavy (non-hydrogen) atoms. The highest BCUT2D eigenvalue weighted by Crippen LogP contribution is 2.41. The molecule has 1 heterocycles. The van der Waals surface area contributed by atoms with E-state index in [1.807, 2.05) is 18.2 Å². The Morgan fingerprint density at radius 3 is 2.50 bits per heavy atom. The van der Waals surface area contributed by atoms with Gasteiger partial charge in [0.15, 0.2) is 6.54 Å². The maximum atomic E-state index is 13.0. The van der Waals surface area contributed by atoms with Gasteiger partial charge in [-0.3, -0.25) is 4.79 Å². The smallest absolute Gasteiger partial charge is 0.275 e. The van der Waals surface area contributed by atoms with Crippen LogP contribution in [0.25, 0.3) is 0 Å². The van der Waals surface area contributed by atoms with E-state index < -0.39 is 0 Å². The summed E-state index contributed by atoms with van der Waals surface area (Å²) in [6, 6.07) is 18.0. The number of carbonyl (C=O) groups is 1. The molecular formula is C25H34N3O2+. The van der Waals surface area contributed by atoms with E-state index in [0.29, 0.717) is 18.2 Å². The van der Waals surface area contributed by atoms with E-state index in [0.717, 1.165) is 45.4 Å². The van der Waals surface area contributed by atoms with Crippen LogP contribution in [0.5, 0.6) is 5.75 Å². The Labute approximate surface area is 179 Å². The Balaban J connectivity index is 1.34. The number of piperazine rings is 1. The van der Waals surface area contributed by atoms with Gasteiger partial charge >= 0.3 is 0 Å². The highest BCUT2D eigenvalue weighted by molar-refractivity contribution is 5.78. The normalized spacial score (nSPS) is 25.1. The monoisotopic (exact) mass is 408 g/mol. The first-order chi connectivity index (χ1) is 14.5. The summed E-state index contributed by atoms with van der Waals surface area (Å²) in [5.74, 6) is 0.741. The molecule has 1 aliphatic carbocycles. The van der Waals surface area contributed by atoms with E-state index >= 15 is 0 Å². The minimum Gasteiger partial charge on any atom is -0.508 e. The Morgan fingerprint density at radius 2 is 1.80 bits per heavy atom. The summed E-state index contributed by atoms with van der Waals surface area (Å²) in [4.78, 5) is 16.8. The van der Waals surface area contributed by atoms with E-state index in [1.165, 1.54) is 22.6 Å². The van der Waals surface area contributed by atoms with Gasteiger partial charge in [0.2, 0.25) is 0 Å². The number of phenolic OH excluding ortho intramolecular Hbond substituents is 1. The molecule has 0 bridgehead atoms. The molecule has 4 rings (SSSR count). The minimum atomic E-state index is -0.225. The van der Waals surface area contributed by atoms with Crippen molar-refractivity contribution in [1.29, 1.82) is 0 Å². The van der Waals surface area contributed by atoms with Crippen LogP contribution in [0.4, 0.5) is 5.69 Å². The second kappa shape index (κ2) is 9.09. The molecule has 2 aromatic carbocycles. The number of quaternary nitrogens is 1. The van der Waals surface area contributed by atoms with E-state index in [-0.39, 0.29) is 11.4 Å². The molecule has 0 aromatic heterocycles. The van der Waals surface area contributed by atoms with Crippen LogP contribution < -0.4 is 15.1 Å². The number of benzene rings is 2. The first-order valence-electron chi connectivity index (χ1n) is 11.3. The Bertz CT molecular complexity index is 831. The first-order valence-corrected chi connectivity index (χ1v) is 11.3. The third-order valence-corrected chi connectivity index (χ3v) is 6.93.